The minimum Gasteiger partial charge on any atom is -0.358 e. The molecule has 1 heterocycles. The second-order valence-electron chi connectivity index (χ2n) is 2.42. The average molecular weight is 196 g/mol. The summed E-state index contributed by atoms with van der Waals surface area (Å²) >= 11 is 0. The normalized spacial score (nSPS) is 9.43. The summed E-state index contributed by atoms with van der Waals surface area (Å²) in [4.78, 5) is 19.2. The van der Waals surface area contributed by atoms with Gasteiger partial charge in [-0.15, -0.1) is 0 Å². The topological polar surface area (TPSA) is 115 Å². The van der Waals surface area contributed by atoms with E-state index in [0.29, 0.717) is 0 Å². The lowest BCUT2D eigenvalue weighted by Gasteiger charge is -1.96. The SMILES string of the molecule is Cn1c([N+](=O)[O-])cc(C#N)c1[N+](=O)[O-]. The van der Waals surface area contributed by atoms with Gasteiger partial charge in [0.15, 0.2) is 5.56 Å². The molecule has 0 aliphatic rings. The lowest BCUT2D eigenvalue weighted by molar-refractivity contribution is -0.405. The number of hydrogen-bond acceptors (Lipinski definition) is 5. The Hall–Kier alpha value is -2.43. The van der Waals surface area contributed by atoms with Crippen LogP contribution < -0.4 is 0 Å². The number of nitro groups is 2. The first-order valence-corrected chi connectivity index (χ1v) is 3.37. The standard InChI is InChI=1S/C6H4N4O4/c1-8-5(9(11)12)2-4(3-7)6(8)10(13)14/h2H,1H3. The van der Waals surface area contributed by atoms with Crippen LogP contribution in [0.25, 0.3) is 0 Å². The third-order valence-electron chi connectivity index (χ3n) is 1.66. The Balaban J connectivity index is 3.50. The summed E-state index contributed by atoms with van der Waals surface area (Å²) in [6.45, 7) is 0. The van der Waals surface area contributed by atoms with E-state index in [4.69, 9.17) is 5.26 Å². The summed E-state index contributed by atoms with van der Waals surface area (Å²) in [5.74, 6) is -1.05. The van der Waals surface area contributed by atoms with Crippen LogP contribution in [0.3, 0.4) is 0 Å². The molecular weight excluding hydrogens is 192 g/mol. The highest BCUT2D eigenvalue weighted by atomic mass is 16.6. The molecule has 0 fully saturated rings. The highest BCUT2D eigenvalue weighted by molar-refractivity contribution is 5.52. The lowest BCUT2D eigenvalue weighted by atomic mass is 10.3. The molecule has 0 aliphatic carbocycles. The highest BCUT2D eigenvalue weighted by Crippen LogP contribution is 2.26. The molecule has 0 spiro atoms. The smallest absolute Gasteiger partial charge is 0.344 e. The maximum Gasteiger partial charge on any atom is 0.344 e. The van der Waals surface area contributed by atoms with Gasteiger partial charge in [0, 0.05) is 0 Å². The molecule has 1 aromatic heterocycles. The molecule has 0 aromatic carbocycles. The molecule has 0 bridgehead atoms. The Labute approximate surface area is 77.3 Å². The predicted octanol–water partition coefficient (Wildman–Crippen LogP) is 0.713. The van der Waals surface area contributed by atoms with Gasteiger partial charge in [-0.05, 0) is 9.85 Å². The molecule has 0 radical (unpaired) electrons. The second-order valence-corrected chi connectivity index (χ2v) is 2.42. The summed E-state index contributed by atoms with van der Waals surface area (Å²) in [6.07, 6.45) is 0. The van der Waals surface area contributed by atoms with Crippen LogP contribution >= 0.6 is 0 Å². The van der Waals surface area contributed by atoms with Crippen LogP contribution in [0.15, 0.2) is 6.07 Å². The van der Waals surface area contributed by atoms with Crippen molar-refractivity contribution in [2.75, 3.05) is 0 Å². The van der Waals surface area contributed by atoms with Gasteiger partial charge in [0.2, 0.25) is 0 Å². The van der Waals surface area contributed by atoms with E-state index in [-0.39, 0.29) is 5.56 Å². The van der Waals surface area contributed by atoms with E-state index < -0.39 is 21.5 Å². The van der Waals surface area contributed by atoms with E-state index in [2.05, 4.69) is 0 Å². The molecule has 0 saturated heterocycles. The molecule has 1 rings (SSSR count). The van der Waals surface area contributed by atoms with E-state index in [1.54, 1.807) is 0 Å². The maximum atomic E-state index is 10.4. The number of hydrogen-bond donors (Lipinski definition) is 0. The molecule has 72 valence electrons. The largest absolute Gasteiger partial charge is 0.358 e. The Bertz CT molecular complexity index is 455. The van der Waals surface area contributed by atoms with Gasteiger partial charge in [-0.25, -0.2) is 0 Å². The molecule has 14 heavy (non-hydrogen) atoms. The van der Waals surface area contributed by atoms with Gasteiger partial charge in [-0.3, -0.25) is 0 Å². The van der Waals surface area contributed by atoms with Crippen molar-refractivity contribution < 1.29 is 9.85 Å². The molecule has 0 atom stereocenters. The molecular formula is C6H4N4O4. The quantitative estimate of drug-likeness (QED) is 0.510. The van der Waals surface area contributed by atoms with E-state index >= 15 is 0 Å². The van der Waals surface area contributed by atoms with E-state index in [9.17, 15) is 20.2 Å². The molecule has 0 N–H and O–H groups in total. The fraction of sp³-hybridized carbons (Fsp3) is 0.167. The molecule has 8 heteroatoms. The van der Waals surface area contributed by atoms with Gasteiger partial charge in [0.05, 0.1) is 13.1 Å². The zero-order valence-electron chi connectivity index (χ0n) is 7.00. The Morgan fingerprint density at radius 3 is 2.29 bits per heavy atom. The molecule has 0 aliphatic heterocycles. The minimum atomic E-state index is -0.828. The van der Waals surface area contributed by atoms with Crippen molar-refractivity contribution in [3.05, 3.63) is 31.9 Å². The van der Waals surface area contributed by atoms with Crippen LogP contribution in [0.2, 0.25) is 0 Å². The van der Waals surface area contributed by atoms with Gasteiger partial charge in [0.25, 0.3) is 0 Å². The second kappa shape index (κ2) is 3.14. The number of nitrogens with zero attached hydrogens (tertiary/aromatic N) is 4. The van der Waals surface area contributed by atoms with E-state index in [0.717, 1.165) is 17.7 Å². The summed E-state index contributed by atoms with van der Waals surface area (Å²) in [5.41, 5.74) is -0.316. The first-order chi connectivity index (χ1) is 6.49. The van der Waals surface area contributed by atoms with Crippen LogP contribution in [0, 0.1) is 31.6 Å². The van der Waals surface area contributed by atoms with Crippen LogP contribution in [0.5, 0.6) is 0 Å². The van der Waals surface area contributed by atoms with Gasteiger partial charge in [0.1, 0.15) is 6.07 Å². The lowest BCUT2D eigenvalue weighted by Crippen LogP contribution is -2.01. The van der Waals surface area contributed by atoms with Gasteiger partial charge in [-0.2, -0.15) is 9.83 Å². The Morgan fingerprint density at radius 2 is 2.00 bits per heavy atom. The maximum absolute atomic E-state index is 10.4. The minimum absolute atomic E-state index is 0.316. The zero-order chi connectivity index (χ0) is 10.9. The van der Waals surface area contributed by atoms with Gasteiger partial charge < -0.3 is 20.2 Å². The Kier molecular flexibility index (Phi) is 2.16. The molecule has 0 unspecified atom stereocenters. The first-order valence-electron chi connectivity index (χ1n) is 3.37. The third kappa shape index (κ3) is 1.27. The van der Waals surface area contributed by atoms with Crippen molar-refractivity contribution in [1.82, 2.24) is 4.57 Å². The summed E-state index contributed by atoms with van der Waals surface area (Å²) in [5, 5.41) is 29.3. The first kappa shape index (κ1) is 9.66. The molecule has 8 nitrogen and oxygen atoms in total. The van der Waals surface area contributed by atoms with Gasteiger partial charge in [-0.1, -0.05) is 0 Å². The number of aromatic nitrogens is 1. The summed E-state index contributed by atoms with van der Waals surface area (Å²) < 4.78 is 0.762. The van der Waals surface area contributed by atoms with Crippen molar-refractivity contribution in [2.45, 2.75) is 0 Å². The average Bonchev–Trinajstić information content (AvgIpc) is 2.42. The number of rotatable bonds is 2. The summed E-state index contributed by atoms with van der Waals surface area (Å²) in [6, 6.07) is 2.40. The molecule has 0 saturated carbocycles. The fourth-order valence-corrected chi connectivity index (χ4v) is 1.06. The van der Waals surface area contributed by atoms with Crippen LogP contribution in [-0.2, 0) is 7.05 Å². The van der Waals surface area contributed by atoms with Crippen LogP contribution in [0.4, 0.5) is 11.6 Å². The fourth-order valence-electron chi connectivity index (χ4n) is 1.06. The van der Waals surface area contributed by atoms with Crippen molar-refractivity contribution in [3.63, 3.8) is 0 Å². The van der Waals surface area contributed by atoms with Crippen molar-refractivity contribution in [1.29, 1.82) is 5.26 Å². The number of nitriles is 1. The van der Waals surface area contributed by atoms with Crippen molar-refractivity contribution in [2.24, 2.45) is 7.05 Å². The van der Waals surface area contributed by atoms with E-state index in [1.807, 2.05) is 0 Å². The highest BCUT2D eigenvalue weighted by Gasteiger charge is 2.25. The van der Waals surface area contributed by atoms with Gasteiger partial charge >= 0.3 is 11.6 Å². The van der Waals surface area contributed by atoms with Crippen LogP contribution in [0.1, 0.15) is 5.56 Å². The third-order valence-corrected chi connectivity index (χ3v) is 1.66. The summed E-state index contributed by atoms with van der Waals surface area (Å²) in [7, 11) is 1.16. The van der Waals surface area contributed by atoms with Crippen molar-refractivity contribution >= 4 is 11.6 Å². The molecule has 0 amide bonds. The predicted molar refractivity (Wildman–Crippen MR) is 43.4 cm³/mol. The zero-order valence-corrected chi connectivity index (χ0v) is 7.00. The molecule has 1 aromatic rings. The van der Waals surface area contributed by atoms with E-state index in [1.165, 1.54) is 6.07 Å². The van der Waals surface area contributed by atoms with Crippen LogP contribution in [-0.4, -0.2) is 14.4 Å². The van der Waals surface area contributed by atoms with Crippen molar-refractivity contribution in [3.8, 4) is 6.07 Å². The Morgan fingerprint density at radius 1 is 1.43 bits per heavy atom. The monoisotopic (exact) mass is 196 g/mol.